The molecule has 1 unspecified atom stereocenters. The summed E-state index contributed by atoms with van der Waals surface area (Å²) in [5.74, 6) is 1.01. The van der Waals surface area contributed by atoms with Crippen molar-refractivity contribution >= 4 is 5.82 Å². The van der Waals surface area contributed by atoms with E-state index < -0.39 is 11.9 Å². The predicted octanol–water partition coefficient (Wildman–Crippen LogP) is 3.58. The van der Waals surface area contributed by atoms with Crippen LogP contribution in [0.2, 0.25) is 0 Å². The van der Waals surface area contributed by atoms with Crippen LogP contribution >= 0.6 is 0 Å². The first kappa shape index (κ1) is 17.5. The van der Waals surface area contributed by atoms with Crippen LogP contribution in [-0.2, 0) is 17.5 Å². The molecule has 0 spiro atoms. The van der Waals surface area contributed by atoms with Gasteiger partial charge in [0, 0.05) is 18.5 Å². The molecule has 0 aliphatic carbocycles. The lowest BCUT2D eigenvalue weighted by atomic mass is 10.1. The van der Waals surface area contributed by atoms with E-state index in [1.54, 1.807) is 0 Å². The number of rotatable bonds is 5. The lowest BCUT2D eigenvalue weighted by molar-refractivity contribution is -0.141. The topological polar surface area (TPSA) is 56.3 Å². The number of benzene rings is 1. The van der Waals surface area contributed by atoms with Crippen molar-refractivity contribution in [3.8, 4) is 5.75 Å². The first-order chi connectivity index (χ1) is 11.9. The number of ether oxygens (including phenoxy) is 2. The maximum Gasteiger partial charge on any atom is 0.435 e. The van der Waals surface area contributed by atoms with Gasteiger partial charge in [0.15, 0.2) is 5.69 Å². The summed E-state index contributed by atoms with van der Waals surface area (Å²) in [4.78, 5) is 0. The predicted molar refractivity (Wildman–Crippen MR) is 85.4 cm³/mol. The third kappa shape index (κ3) is 4.60. The zero-order valence-corrected chi connectivity index (χ0v) is 13.6. The number of alkyl halides is 3. The smallest absolute Gasteiger partial charge is 0.435 e. The molecule has 1 N–H and O–H groups in total. The van der Waals surface area contributed by atoms with Gasteiger partial charge in [0.1, 0.15) is 17.7 Å². The van der Waals surface area contributed by atoms with E-state index in [1.165, 1.54) is 6.07 Å². The zero-order valence-electron chi connectivity index (χ0n) is 13.6. The summed E-state index contributed by atoms with van der Waals surface area (Å²) < 4.78 is 48.8. The number of anilines is 1. The molecule has 3 rings (SSSR count). The first-order valence-corrected chi connectivity index (χ1v) is 7.90. The van der Waals surface area contributed by atoms with Crippen molar-refractivity contribution in [1.29, 1.82) is 0 Å². The third-order valence-electron chi connectivity index (χ3n) is 3.82. The number of hydrogen-bond donors (Lipinski definition) is 1. The lowest BCUT2D eigenvalue weighted by Crippen LogP contribution is -2.17. The van der Waals surface area contributed by atoms with E-state index >= 15 is 0 Å². The second-order valence-corrected chi connectivity index (χ2v) is 5.87. The minimum atomic E-state index is -4.49. The lowest BCUT2D eigenvalue weighted by Gasteiger charge is -2.17. The van der Waals surface area contributed by atoms with Gasteiger partial charge in [-0.25, -0.2) is 0 Å². The average molecular weight is 353 g/mol. The first-order valence-electron chi connectivity index (χ1n) is 7.90. The van der Waals surface area contributed by atoms with Crippen LogP contribution in [0.15, 0.2) is 30.3 Å². The second-order valence-electron chi connectivity index (χ2n) is 5.87. The van der Waals surface area contributed by atoms with Gasteiger partial charge in [0.2, 0.25) is 0 Å². The summed E-state index contributed by atoms with van der Waals surface area (Å²) in [7, 11) is 0. The summed E-state index contributed by atoms with van der Waals surface area (Å²) in [5, 5.41) is 9.74. The van der Waals surface area contributed by atoms with Crippen LogP contribution in [-0.4, -0.2) is 29.5 Å². The Hall–Kier alpha value is -2.35. The Kier molecular flexibility index (Phi) is 5.08. The molecule has 1 aliphatic rings. The Morgan fingerprint density at radius 2 is 2.08 bits per heavy atom. The molecule has 25 heavy (non-hydrogen) atoms. The number of hydrogen-bond acceptors (Lipinski definition) is 5. The molecule has 0 bridgehead atoms. The fourth-order valence-electron chi connectivity index (χ4n) is 2.47. The van der Waals surface area contributed by atoms with Crippen molar-refractivity contribution in [3.05, 3.63) is 47.2 Å². The van der Waals surface area contributed by atoms with Crippen molar-refractivity contribution in [2.45, 2.75) is 32.2 Å². The molecular weight excluding hydrogens is 335 g/mol. The SMILES string of the molecule is Cc1ccc(CNc2ccc(C(F)(F)F)nn2)c(OC2CCOC2)c1. The highest BCUT2D eigenvalue weighted by atomic mass is 19.4. The van der Waals surface area contributed by atoms with Gasteiger partial charge in [-0.3, -0.25) is 0 Å². The summed E-state index contributed by atoms with van der Waals surface area (Å²) in [6.07, 6.45) is -3.63. The van der Waals surface area contributed by atoms with E-state index in [9.17, 15) is 13.2 Å². The van der Waals surface area contributed by atoms with Crippen molar-refractivity contribution < 1.29 is 22.6 Å². The molecule has 2 aromatic rings. The fourth-order valence-corrected chi connectivity index (χ4v) is 2.47. The molecule has 1 aromatic heterocycles. The fraction of sp³-hybridized carbons (Fsp3) is 0.412. The summed E-state index contributed by atoms with van der Waals surface area (Å²) in [6, 6.07) is 7.97. The van der Waals surface area contributed by atoms with Gasteiger partial charge < -0.3 is 14.8 Å². The standard InChI is InChI=1S/C17H18F3N3O2/c1-11-2-3-12(14(8-11)25-13-6-7-24-10-13)9-21-16-5-4-15(22-23-16)17(18,19)20/h2-5,8,13H,6-7,9-10H2,1H3,(H,21,23). The molecule has 1 aliphatic heterocycles. The minimum absolute atomic E-state index is 0.0198. The summed E-state index contributed by atoms with van der Waals surface area (Å²) >= 11 is 0. The molecule has 0 amide bonds. The van der Waals surface area contributed by atoms with Crippen LogP contribution in [0.4, 0.5) is 19.0 Å². The summed E-state index contributed by atoms with van der Waals surface area (Å²) in [5.41, 5.74) is 0.935. The Bertz CT molecular complexity index is 714. The number of nitrogens with zero attached hydrogens (tertiary/aromatic N) is 2. The van der Waals surface area contributed by atoms with Gasteiger partial charge in [-0.2, -0.15) is 13.2 Å². The monoisotopic (exact) mass is 353 g/mol. The molecule has 8 heteroatoms. The van der Waals surface area contributed by atoms with Gasteiger partial charge in [-0.15, -0.1) is 10.2 Å². The van der Waals surface area contributed by atoms with Crippen LogP contribution in [0.5, 0.6) is 5.75 Å². The molecule has 1 aromatic carbocycles. The van der Waals surface area contributed by atoms with E-state index in [1.807, 2.05) is 25.1 Å². The van der Waals surface area contributed by atoms with Crippen molar-refractivity contribution in [3.63, 3.8) is 0 Å². The largest absolute Gasteiger partial charge is 0.488 e. The number of nitrogens with one attached hydrogen (secondary N) is 1. The summed E-state index contributed by atoms with van der Waals surface area (Å²) in [6.45, 7) is 3.58. The number of halogens is 3. The van der Waals surface area contributed by atoms with Crippen LogP contribution in [0.3, 0.4) is 0 Å². The van der Waals surface area contributed by atoms with Crippen LogP contribution < -0.4 is 10.1 Å². The Morgan fingerprint density at radius 3 is 2.72 bits per heavy atom. The second kappa shape index (κ2) is 7.26. The number of aromatic nitrogens is 2. The van der Waals surface area contributed by atoms with Gasteiger partial charge >= 0.3 is 6.18 Å². The quantitative estimate of drug-likeness (QED) is 0.890. The molecule has 2 heterocycles. The highest BCUT2D eigenvalue weighted by molar-refractivity contribution is 5.41. The average Bonchev–Trinajstić information content (AvgIpc) is 3.07. The highest BCUT2D eigenvalue weighted by Crippen LogP contribution is 2.28. The molecular formula is C17H18F3N3O2. The zero-order chi connectivity index (χ0) is 17.9. The molecule has 5 nitrogen and oxygen atoms in total. The molecule has 134 valence electrons. The Balaban J connectivity index is 1.68. The molecule has 1 fully saturated rings. The van der Waals surface area contributed by atoms with E-state index in [4.69, 9.17) is 9.47 Å². The maximum absolute atomic E-state index is 12.5. The van der Waals surface area contributed by atoms with Crippen molar-refractivity contribution in [2.24, 2.45) is 0 Å². The van der Waals surface area contributed by atoms with E-state index in [2.05, 4.69) is 15.5 Å². The maximum atomic E-state index is 12.5. The highest BCUT2D eigenvalue weighted by Gasteiger charge is 2.32. The van der Waals surface area contributed by atoms with Crippen LogP contribution in [0, 0.1) is 6.92 Å². The van der Waals surface area contributed by atoms with E-state index in [0.717, 1.165) is 29.4 Å². The third-order valence-corrected chi connectivity index (χ3v) is 3.82. The molecule has 1 saturated heterocycles. The minimum Gasteiger partial charge on any atom is -0.488 e. The Morgan fingerprint density at radius 1 is 1.24 bits per heavy atom. The van der Waals surface area contributed by atoms with E-state index in [0.29, 0.717) is 19.8 Å². The van der Waals surface area contributed by atoms with Crippen LogP contribution in [0.25, 0.3) is 0 Å². The molecule has 0 radical (unpaired) electrons. The normalized spacial score (nSPS) is 17.5. The Labute approximate surface area is 143 Å². The van der Waals surface area contributed by atoms with Crippen LogP contribution in [0.1, 0.15) is 23.2 Å². The molecule has 1 atom stereocenters. The van der Waals surface area contributed by atoms with Gasteiger partial charge in [0.25, 0.3) is 0 Å². The molecule has 0 saturated carbocycles. The van der Waals surface area contributed by atoms with Gasteiger partial charge in [-0.1, -0.05) is 12.1 Å². The van der Waals surface area contributed by atoms with Gasteiger partial charge in [-0.05, 0) is 30.7 Å². The van der Waals surface area contributed by atoms with Crippen molar-refractivity contribution in [1.82, 2.24) is 10.2 Å². The van der Waals surface area contributed by atoms with Crippen molar-refractivity contribution in [2.75, 3.05) is 18.5 Å². The number of aryl methyl sites for hydroxylation is 1. The van der Waals surface area contributed by atoms with Gasteiger partial charge in [0.05, 0.1) is 13.2 Å². The van der Waals surface area contributed by atoms with E-state index in [-0.39, 0.29) is 11.9 Å².